The molecule has 32 heavy (non-hydrogen) atoms. The molecule has 0 saturated carbocycles. The summed E-state index contributed by atoms with van der Waals surface area (Å²) >= 11 is 1.62. The van der Waals surface area contributed by atoms with Gasteiger partial charge in [-0.05, 0) is 44.2 Å². The minimum atomic E-state index is -0.707. The predicted octanol–water partition coefficient (Wildman–Crippen LogP) is 4.89. The number of allylic oxidation sites excluding steroid dienone is 3. The van der Waals surface area contributed by atoms with Gasteiger partial charge in [0.1, 0.15) is 0 Å². The molecule has 0 unspecified atom stereocenters. The van der Waals surface area contributed by atoms with Crippen LogP contribution >= 0.6 is 11.3 Å². The fraction of sp³-hybridized carbons (Fsp3) is 0.333. The van der Waals surface area contributed by atoms with E-state index in [-0.39, 0.29) is 24.0 Å². The highest BCUT2D eigenvalue weighted by Gasteiger charge is 2.42. The van der Waals surface area contributed by atoms with Crippen LogP contribution < -0.4 is 5.32 Å². The van der Waals surface area contributed by atoms with Crippen molar-refractivity contribution in [2.75, 3.05) is 6.61 Å². The van der Waals surface area contributed by atoms with E-state index in [9.17, 15) is 19.7 Å². The van der Waals surface area contributed by atoms with Crippen molar-refractivity contribution >= 4 is 28.8 Å². The summed E-state index contributed by atoms with van der Waals surface area (Å²) in [6.45, 7) is 5.36. The number of nitro benzene ring substituents is 1. The maximum atomic E-state index is 13.4. The predicted molar refractivity (Wildman–Crippen MR) is 121 cm³/mol. The molecule has 166 valence electrons. The molecule has 8 heteroatoms. The number of ether oxygens (including phenoxy) is 1. The average molecular weight is 453 g/mol. The Hall–Kier alpha value is -3.26. The van der Waals surface area contributed by atoms with Crippen LogP contribution in [0, 0.1) is 17.0 Å². The van der Waals surface area contributed by atoms with E-state index in [1.807, 2.05) is 17.5 Å². The molecule has 0 bridgehead atoms. The first-order chi connectivity index (χ1) is 15.3. The summed E-state index contributed by atoms with van der Waals surface area (Å²) in [5.74, 6) is -1.22. The average Bonchev–Trinajstić information content (AvgIpc) is 3.28. The lowest BCUT2D eigenvalue weighted by Gasteiger charge is -2.36. The number of nitrogens with zero attached hydrogens (tertiary/aromatic N) is 1. The number of nitro groups is 1. The van der Waals surface area contributed by atoms with Gasteiger partial charge in [0.05, 0.1) is 17.1 Å². The van der Waals surface area contributed by atoms with Crippen molar-refractivity contribution in [3.8, 4) is 0 Å². The number of dihydropyridines is 1. The molecule has 2 aliphatic rings. The van der Waals surface area contributed by atoms with Crippen LogP contribution in [0.5, 0.6) is 0 Å². The molecule has 7 nitrogen and oxygen atoms in total. The van der Waals surface area contributed by atoms with Gasteiger partial charge in [-0.15, -0.1) is 11.3 Å². The zero-order chi connectivity index (χ0) is 23.0. The monoisotopic (exact) mass is 452 g/mol. The Morgan fingerprint density at radius 3 is 2.72 bits per heavy atom. The van der Waals surface area contributed by atoms with Gasteiger partial charge >= 0.3 is 5.97 Å². The number of benzene rings is 1. The number of carbonyl (C=O) groups excluding carboxylic acids is 2. The first kappa shape index (κ1) is 22.0. The number of esters is 1. The highest BCUT2D eigenvalue weighted by molar-refractivity contribution is 7.10. The van der Waals surface area contributed by atoms with Crippen molar-refractivity contribution in [3.63, 3.8) is 0 Å². The number of hydrogen-bond acceptors (Lipinski definition) is 7. The van der Waals surface area contributed by atoms with E-state index >= 15 is 0 Å². The van der Waals surface area contributed by atoms with E-state index in [2.05, 4.69) is 5.32 Å². The Morgan fingerprint density at radius 2 is 2.06 bits per heavy atom. The molecule has 1 N–H and O–H groups in total. The molecule has 1 aliphatic carbocycles. The summed E-state index contributed by atoms with van der Waals surface area (Å²) in [5, 5.41) is 16.9. The summed E-state index contributed by atoms with van der Waals surface area (Å²) in [4.78, 5) is 38.6. The fourth-order valence-corrected chi connectivity index (χ4v) is 5.41. The van der Waals surface area contributed by atoms with Gasteiger partial charge in [0, 0.05) is 51.7 Å². The van der Waals surface area contributed by atoms with Crippen molar-refractivity contribution in [2.45, 2.75) is 45.4 Å². The Bertz CT molecular complexity index is 1160. The van der Waals surface area contributed by atoms with E-state index in [0.717, 1.165) is 10.6 Å². The Labute approximate surface area is 189 Å². The minimum Gasteiger partial charge on any atom is -0.463 e. The third-order valence-electron chi connectivity index (χ3n) is 6.03. The lowest BCUT2D eigenvalue weighted by Crippen LogP contribution is -2.36. The second-order valence-electron chi connectivity index (χ2n) is 8.06. The highest BCUT2D eigenvalue weighted by Crippen LogP contribution is 2.46. The van der Waals surface area contributed by atoms with Crippen LogP contribution in [0.15, 0.2) is 58.3 Å². The van der Waals surface area contributed by atoms with E-state index in [1.165, 1.54) is 6.07 Å². The van der Waals surface area contributed by atoms with Crippen molar-refractivity contribution in [2.24, 2.45) is 0 Å². The number of thiophene rings is 1. The van der Waals surface area contributed by atoms with Crippen molar-refractivity contribution < 1.29 is 19.2 Å². The van der Waals surface area contributed by atoms with Crippen LogP contribution in [0.2, 0.25) is 0 Å². The summed E-state index contributed by atoms with van der Waals surface area (Å²) in [6.07, 6.45) is 0.972. The molecule has 0 saturated heterocycles. The molecule has 2 atom stereocenters. The maximum Gasteiger partial charge on any atom is 0.336 e. The SMILES string of the molecule is CCOC(=O)C1=C(C)NC2=C(C(=O)C[C@H](c3cccs3)C2)[C@H]1c1ccc(C)c([N+](=O)[O-])c1. The van der Waals surface area contributed by atoms with Gasteiger partial charge < -0.3 is 10.1 Å². The molecule has 2 aromatic rings. The minimum absolute atomic E-state index is 0.0382. The quantitative estimate of drug-likeness (QED) is 0.394. The van der Waals surface area contributed by atoms with E-state index in [1.54, 1.807) is 44.2 Å². The van der Waals surface area contributed by atoms with Crippen molar-refractivity contribution in [1.82, 2.24) is 5.32 Å². The van der Waals surface area contributed by atoms with Crippen LogP contribution in [0.4, 0.5) is 5.69 Å². The molecular formula is C24H24N2O5S. The fourth-order valence-electron chi connectivity index (χ4n) is 4.58. The van der Waals surface area contributed by atoms with Gasteiger partial charge in [-0.25, -0.2) is 4.79 Å². The van der Waals surface area contributed by atoms with Gasteiger partial charge in [0.2, 0.25) is 0 Å². The number of hydrogen-bond donors (Lipinski definition) is 1. The first-order valence-electron chi connectivity index (χ1n) is 10.5. The molecule has 0 fully saturated rings. The number of aryl methyl sites for hydroxylation is 1. The van der Waals surface area contributed by atoms with Crippen molar-refractivity contribution in [3.05, 3.63) is 84.4 Å². The molecule has 0 spiro atoms. The first-order valence-corrected chi connectivity index (χ1v) is 11.4. The van der Waals surface area contributed by atoms with E-state index < -0.39 is 16.8 Å². The number of nitrogens with one attached hydrogen (secondary N) is 1. The molecule has 1 aromatic carbocycles. The number of rotatable bonds is 5. The van der Waals surface area contributed by atoms with Crippen LogP contribution in [-0.2, 0) is 14.3 Å². The number of carbonyl (C=O) groups is 2. The summed E-state index contributed by atoms with van der Waals surface area (Å²) in [5.41, 5.74) is 3.24. The summed E-state index contributed by atoms with van der Waals surface area (Å²) in [6, 6.07) is 8.90. The van der Waals surface area contributed by atoms with Gasteiger partial charge in [-0.3, -0.25) is 14.9 Å². The molecule has 4 rings (SSSR count). The smallest absolute Gasteiger partial charge is 0.336 e. The van der Waals surface area contributed by atoms with Crippen LogP contribution in [-0.4, -0.2) is 23.3 Å². The van der Waals surface area contributed by atoms with Crippen LogP contribution in [0.1, 0.15) is 54.5 Å². The normalized spacial score (nSPS) is 20.7. The molecular weight excluding hydrogens is 428 g/mol. The molecule has 1 aliphatic heterocycles. The second-order valence-corrected chi connectivity index (χ2v) is 9.04. The largest absolute Gasteiger partial charge is 0.463 e. The topological polar surface area (TPSA) is 98.5 Å². The van der Waals surface area contributed by atoms with E-state index in [4.69, 9.17) is 4.74 Å². The lowest BCUT2D eigenvalue weighted by atomic mass is 9.72. The lowest BCUT2D eigenvalue weighted by molar-refractivity contribution is -0.385. The Morgan fingerprint density at radius 1 is 1.28 bits per heavy atom. The number of ketones is 1. The molecule has 0 radical (unpaired) electrons. The molecule has 0 amide bonds. The Kier molecular flexibility index (Phi) is 5.97. The third kappa shape index (κ3) is 3.86. The Balaban J connectivity index is 1.86. The van der Waals surface area contributed by atoms with E-state index in [0.29, 0.717) is 40.8 Å². The molecule has 2 heterocycles. The van der Waals surface area contributed by atoms with Crippen LogP contribution in [0.25, 0.3) is 0 Å². The number of Topliss-reactive ketones (excluding diaryl/α,β-unsaturated/α-hetero) is 1. The van der Waals surface area contributed by atoms with Crippen LogP contribution in [0.3, 0.4) is 0 Å². The van der Waals surface area contributed by atoms with Gasteiger partial charge in [0.15, 0.2) is 5.78 Å². The van der Waals surface area contributed by atoms with Crippen molar-refractivity contribution in [1.29, 1.82) is 0 Å². The van der Waals surface area contributed by atoms with Gasteiger partial charge in [-0.1, -0.05) is 18.2 Å². The standard InChI is InChI=1S/C24H24N2O5S/c1-4-31-24(28)21-14(3)25-17-10-16(20-6-5-9-32-20)12-19(27)23(17)22(21)15-8-7-13(2)18(11-15)26(29)30/h5-9,11,16,22,25H,4,10,12H2,1-3H3/t16-,22+/m1/s1. The third-order valence-corrected chi connectivity index (χ3v) is 7.07. The summed E-state index contributed by atoms with van der Waals surface area (Å²) in [7, 11) is 0. The zero-order valence-electron chi connectivity index (χ0n) is 18.1. The molecule has 1 aromatic heterocycles. The maximum absolute atomic E-state index is 13.4. The zero-order valence-corrected chi connectivity index (χ0v) is 19.0. The van der Waals surface area contributed by atoms with Gasteiger partial charge in [-0.2, -0.15) is 0 Å². The highest BCUT2D eigenvalue weighted by atomic mass is 32.1. The second kappa shape index (κ2) is 8.70. The van der Waals surface area contributed by atoms with Gasteiger partial charge in [0.25, 0.3) is 5.69 Å². The summed E-state index contributed by atoms with van der Waals surface area (Å²) < 4.78 is 5.30.